The van der Waals surface area contributed by atoms with E-state index in [9.17, 15) is 0 Å². The molecule has 1 fully saturated rings. The van der Waals surface area contributed by atoms with Gasteiger partial charge in [-0.3, -0.25) is 4.90 Å². The van der Waals surface area contributed by atoms with Gasteiger partial charge in [0.25, 0.3) is 5.89 Å². The van der Waals surface area contributed by atoms with Gasteiger partial charge in [0.1, 0.15) is 0 Å². The third kappa shape index (κ3) is 3.21. The van der Waals surface area contributed by atoms with Gasteiger partial charge in [-0.15, -0.1) is 0 Å². The lowest BCUT2D eigenvalue weighted by atomic mass is 10.1. The Morgan fingerprint density at radius 3 is 3.05 bits per heavy atom. The molecular formula is C16H19ClN4O. The smallest absolute Gasteiger partial charge is 0.250 e. The fraction of sp³-hybridized carbons (Fsp3) is 0.375. The van der Waals surface area contributed by atoms with Crippen LogP contribution < -0.4 is 5.32 Å². The highest BCUT2D eigenvalue weighted by atomic mass is 35.5. The van der Waals surface area contributed by atoms with Crippen molar-refractivity contribution in [1.29, 1.82) is 0 Å². The van der Waals surface area contributed by atoms with Crippen molar-refractivity contribution in [2.24, 2.45) is 0 Å². The molecule has 3 rings (SSSR count). The number of benzene rings is 1. The van der Waals surface area contributed by atoms with Gasteiger partial charge in [-0.25, -0.2) is 0 Å². The third-order valence-corrected chi connectivity index (χ3v) is 4.23. The fourth-order valence-corrected chi connectivity index (χ4v) is 2.86. The van der Waals surface area contributed by atoms with E-state index in [1.165, 1.54) is 0 Å². The van der Waals surface area contributed by atoms with E-state index in [-0.39, 0.29) is 6.04 Å². The van der Waals surface area contributed by atoms with Gasteiger partial charge < -0.3 is 9.84 Å². The summed E-state index contributed by atoms with van der Waals surface area (Å²) >= 11 is 6.21. The summed E-state index contributed by atoms with van der Waals surface area (Å²) in [5.41, 5.74) is 1.97. The number of piperazine rings is 1. The molecule has 1 aromatic heterocycles. The molecule has 1 aliphatic heterocycles. The Morgan fingerprint density at radius 1 is 1.45 bits per heavy atom. The molecule has 1 aliphatic rings. The highest BCUT2D eigenvalue weighted by molar-refractivity contribution is 6.32. The summed E-state index contributed by atoms with van der Waals surface area (Å²) in [6.07, 6.45) is 1.87. The molecule has 1 saturated heterocycles. The average Bonchev–Trinajstić information content (AvgIpc) is 2.96. The Balaban J connectivity index is 1.82. The minimum atomic E-state index is 0.153. The highest BCUT2D eigenvalue weighted by Gasteiger charge is 2.24. The average molecular weight is 319 g/mol. The van der Waals surface area contributed by atoms with Crippen LogP contribution in [0.5, 0.6) is 0 Å². The lowest BCUT2D eigenvalue weighted by Crippen LogP contribution is -2.44. The maximum Gasteiger partial charge on any atom is 0.250 e. The van der Waals surface area contributed by atoms with Crippen LogP contribution in [-0.4, -0.2) is 41.7 Å². The van der Waals surface area contributed by atoms with Crippen molar-refractivity contribution in [2.45, 2.75) is 13.0 Å². The molecule has 0 radical (unpaired) electrons. The van der Waals surface area contributed by atoms with Crippen LogP contribution in [0.1, 0.15) is 30.2 Å². The summed E-state index contributed by atoms with van der Waals surface area (Å²) in [4.78, 5) is 6.73. The largest absolute Gasteiger partial charge is 0.335 e. The van der Waals surface area contributed by atoms with Gasteiger partial charge in [-0.05, 0) is 31.2 Å². The van der Waals surface area contributed by atoms with Crippen LogP contribution in [0, 0.1) is 0 Å². The van der Waals surface area contributed by atoms with Crippen LogP contribution in [0.4, 0.5) is 0 Å². The number of nitrogens with zero attached hydrogens (tertiary/aromatic N) is 3. The molecule has 0 amide bonds. The summed E-state index contributed by atoms with van der Waals surface area (Å²) in [6, 6.07) is 7.87. The van der Waals surface area contributed by atoms with Gasteiger partial charge in [0.05, 0.1) is 6.04 Å². The van der Waals surface area contributed by atoms with Crippen LogP contribution in [-0.2, 0) is 0 Å². The number of halogens is 1. The zero-order chi connectivity index (χ0) is 15.5. The van der Waals surface area contributed by atoms with Crippen molar-refractivity contribution in [3.63, 3.8) is 0 Å². The lowest BCUT2D eigenvalue weighted by Gasteiger charge is -2.30. The SMILES string of the molecule is C/C(=C/c1nc(C2CNCCN2C)no1)c1ccccc1Cl. The minimum absolute atomic E-state index is 0.153. The minimum Gasteiger partial charge on any atom is -0.335 e. The second-order valence-electron chi connectivity index (χ2n) is 5.50. The van der Waals surface area contributed by atoms with Crippen molar-refractivity contribution >= 4 is 23.3 Å². The lowest BCUT2D eigenvalue weighted by molar-refractivity contribution is 0.190. The zero-order valence-corrected chi connectivity index (χ0v) is 13.5. The Bertz CT molecular complexity index is 682. The highest BCUT2D eigenvalue weighted by Crippen LogP contribution is 2.25. The quantitative estimate of drug-likeness (QED) is 0.943. The second-order valence-corrected chi connectivity index (χ2v) is 5.91. The van der Waals surface area contributed by atoms with E-state index in [1.807, 2.05) is 37.3 Å². The molecule has 0 saturated carbocycles. The summed E-state index contributed by atoms with van der Waals surface area (Å²) in [5.74, 6) is 1.22. The van der Waals surface area contributed by atoms with Crippen molar-refractivity contribution < 1.29 is 4.52 Å². The number of nitrogens with one attached hydrogen (secondary N) is 1. The summed E-state index contributed by atoms with van der Waals surface area (Å²) in [7, 11) is 2.08. The van der Waals surface area contributed by atoms with Gasteiger partial charge in [-0.1, -0.05) is 35.0 Å². The Morgan fingerprint density at radius 2 is 2.27 bits per heavy atom. The van der Waals surface area contributed by atoms with Crippen LogP contribution in [0.25, 0.3) is 11.6 Å². The topological polar surface area (TPSA) is 54.2 Å². The molecule has 0 spiro atoms. The second kappa shape index (κ2) is 6.60. The Hall–Kier alpha value is -1.69. The molecule has 6 heteroatoms. The van der Waals surface area contributed by atoms with E-state index in [1.54, 1.807) is 0 Å². The first-order valence-electron chi connectivity index (χ1n) is 7.33. The van der Waals surface area contributed by atoms with Gasteiger partial charge in [0.2, 0.25) is 0 Å². The summed E-state index contributed by atoms with van der Waals surface area (Å²) in [6.45, 7) is 4.79. The summed E-state index contributed by atoms with van der Waals surface area (Å²) < 4.78 is 5.36. The monoisotopic (exact) mass is 318 g/mol. The molecule has 0 bridgehead atoms. The summed E-state index contributed by atoms with van der Waals surface area (Å²) in [5, 5.41) is 8.18. The molecule has 22 heavy (non-hydrogen) atoms. The predicted molar refractivity (Wildman–Crippen MR) is 87.5 cm³/mol. The Kier molecular flexibility index (Phi) is 4.57. The molecule has 2 aromatic rings. The van der Waals surface area contributed by atoms with Crippen LogP contribution in [0.15, 0.2) is 28.8 Å². The van der Waals surface area contributed by atoms with E-state index in [4.69, 9.17) is 16.1 Å². The number of aromatic nitrogens is 2. The van der Waals surface area contributed by atoms with Crippen molar-refractivity contribution in [3.05, 3.63) is 46.6 Å². The molecule has 1 N–H and O–H groups in total. The molecule has 1 atom stereocenters. The molecule has 116 valence electrons. The number of hydrogen-bond donors (Lipinski definition) is 1. The molecule has 5 nitrogen and oxygen atoms in total. The number of allylic oxidation sites excluding steroid dienone is 1. The van der Waals surface area contributed by atoms with E-state index < -0.39 is 0 Å². The first-order chi connectivity index (χ1) is 10.6. The van der Waals surface area contributed by atoms with Crippen molar-refractivity contribution in [2.75, 3.05) is 26.7 Å². The molecule has 1 aromatic carbocycles. The molecule has 2 heterocycles. The van der Waals surface area contributed by atoms with Crippen molar-refractivity contribution in [3.8, 4) is 0 Å². The molecular weight excluding hydrogens is 300 g/mol. The maximum atomic E-state index is 6.21. The first-order valence-corrected chi connectivity index (χ1v) is 7.70. The number of hydrogen-bond acceptors (Lipinski definition) is 5. The Labute approximate surface area is 135 Å². The van der Waals surface area contributed by atoms with Gasteiger partial charge in [-0.2, -0.15) is 4.98 Å². The fourth-order valence-electron chi connectivity index (χ4n) is 2.58. The predicted octanol–water partition coefficient (Wildman–Crippen LogP) is 2.86. The van der Waals surface area contributed by atoms with E-state index >= 15 is 0 Å². The van der Waals surface area contributed by atoms with Crippen LogP contribution in [0.3, 0.4) is 0 Å². The van der Waals surface area contributed by atoms with Gasteiger partial charge in [0.15, 0.2) is 5.82 Å². The van der Waals surface area contributed by atoms with E-state index in [2.05, 4.69) is 27.4 Å². The maximum absolute atomic E-state index is 6.21. The standard InChI is InChI=1S/C16H19ClN4O/c1-11(12-5-3-4-6-13(12)17)9-15-19-16(20-22-15)14-10-18-7-8-21(14)2/h3-6,9,14,18H,7-8,10H2,1-2H3/b11-9-. The third-order valence-electron chi connectivity index (χ3n) is 3.91. The van der Waals surface area contributed by atoms with Crippen LogP contribution >= 0.6 is 11.6 Å². The molecule has 1 unspecified atom stereocenters. The van der Waals surface area contributed by atoms with Crippen molar-refractivity contribution in [1.82, 2.24) is 20.4 Å². The first kappa shape index (κ1) is 15.2. The number of rotatable bonds is 3. The van der Waals surface area contributed by atoms with Gasteiger partial charge in [0, 0.05) is 30.7 Å². The molecule has 0 aliphatic carbocycles. The normalized spacial score (nSPS) is 20.3. The van der Waals surface area contributed by atoms with Crippen LogP contribution in [0.2, 0.25) is 5.02 Å². The van der Waals surface area contributed by atoms with E-state index in [0.29, 0.717) is 16.7 Å². The zero-order valence-electron chi connectivity index (χ0n) is 12.7. The van der Waals surface area contributed by atoms with E-state index in [0.717, 1.165) is 30.8 Å². The number of likely N-dealkylation sites (N-methyl/N-ethyl adjacent to an activating group) is 1. The van der Waals surface area contributed by atoms with Gasteiger partial charge >= 0.3 is 0 Å².